The summed E-state index contributed by atoms with van der Waals surface area (Å²) in [5, 5.41) is 4.99. The predicted molar refractivity (Wildman–Crippen MR) is 69.3 cm³/mol. The maximum absolute atomic E-state index is 12.1. The van der Waals surface area contributed by atoms with Crippen LogP contribution in [0.3, 0.4) is 0 Å². The van der Waals surface area contributed by atoms with Crippen LogP contribution in [0.5, 0.6) is 0 Å². The Hall–Kier alpha value is -1.98. The van der Waals surface area contributed by atoms with Gasteiger partial charge in [0, 0.05) is 13.3 Å². The van der Waals surface area contributed by atoms with Gasteiger partial charge in [0.2, 0.25) is 17.8 Å². The van der Waals surface area contributed by atoms with Crippen LogP contribution in [0.1, 0.15) is 33.6 Å². The van der Waals surface area contributed by atoms with Crippen LogP contribution in [0.2, 0.25) is 0 Å². The molecule has 0 aromatic heterocycles. The highest BCUT2D eigenvalue weighted by atomic mass is 16.2. The first-order valence-electron chi connectivity index (χ1n) is 6.20. The number of fused-ring (bicyclic) bond motifs is 1. The molecule has 0 aromatic rings. The molecule has 1 aliphatic heterocycles. The maximum atomic E-state index is 12.1. The summed E-state index contributed by atoms with van der Waals surface area (Å²) in [4.78, 5) is 39.6. The molecule has 0 unspecified atom stereocenters. The number of ketones is 1. The Morgan fingerprint density at radius 1 is 1.47 bits per heavy atom. The van der Waals surface area contributed by atoms with Crippen molar-refractivity contribution >= 4 is 23.6 Å². The van der Waals surface area contributed by atoms with Gasteiger partial charge in [0.1, 0.15) is 5.54 Å². The average molecular weight is 263 g/mol. The fourth-order valence-corrected chi connectivity index (χ4v) is 2.68. The molecule has 0 fully saturated rings. The van der Waals surface area contributed by atoms with Crippen molar-refractivity contribution < 1.29 is 14.4 Å². The van der Waals surface area contributed by atoms with Gasteiger partial charge in [0.15, 0.2) is 5.78 Å². The third-order valence-electron chi connectivity index (χ3n) is 3.60. The minimum atomic E-state index is -1.07. The molecule has 2 N–H and O–H groups in total. The number of hydrogen-bond donors (Lipinski definition) is 2. The molecule has 1 heterocycles. The number of amides is 2. The lowest BCUT2D eigenvalue weighted by Gasteiger charge is -2.40. The summed E-state index contributed by atoms with van der Waals surface area (Å²) >= 11 is 0. The highest BCUT2D eigenvalue weighted by Crippen LogP contribution is 2.39. The molecule has 2 atom stereocenters. The van der Waals surface area contributed by atoms with Gasteiger partial charge in [0.05, 0.1) is 5.92 Å². The Labute approximate surface area is 111 Å². The largest absolute Gasteiger partial charge is 0.297 e. The van der Waals surface area contributed by atoms with Crippen LogP contribution in [-0.2, 0) is 14.4 Å². The van der Waals surface area contributed by atoms with Crippen LogP contribution in [0.15, 0.2) is 16.6 Å². The molecular weight excluding hydrogens is 246 g/mol. The molecule has 2 rings (SSSR count). The molecule has 0 radical (unpaired) electrons. The first kappa shape index (κ1) is 13.5. The molecule has 0 saturated carbocycles. The zero-order valence-electron chi connectivity index (χ0n) is 11.2. The van der Waals surface area contributed by atoms with E-state index in [1.54, 1.807) is 0 Å². The SMILES string of the molecule is CC(=O)NC1=N[C@]2(C(C)=O)CC(C)=CC[C@@H]2C(=O)N1. The van der Waals surface area contributed by atoms with Crippen LogP contribution in [0.25, 0.3) is 0 Å². The molecule has 0 spiro atoms. The fraction of sp³-hybridized carbons (Fsp3) is 0.538. The minimum Gasteiger partial charge on any atom is -0.297 e. The Balaban J connectivity index is 2.47. The van der Waals surface area contributed by atoms with E-state index in [0.717, 1.165) is 5.57 Å². The van der Waals surface area contributed by atoms with Gasteiger partial charge in [-0.15, -0.1) is 0 Å². The summed E-state index contributed by atoms with van der Waals surface area (Å²) in [5.41, 5.74) is -0.0362. The Kier molecular flexibility index (Phi) is 3.26. The number of rotatable bonds is 1. The number of Topliss-reactive ketones (excluding diaryl/α,β-unsaturated/α-hetero) is 1. The van der Waals surface area contributed by atoms with Crippen molar-refractivity contribution in [3.05, 3.63) is 11.6 Å². The fourth-order valence-electron chi connectivity index (χ4n) is 2.68. The van der Waals surface area contributed by atoms with Crippen LogP contribution in [-0.4, -0.2) is 29.1 Å². The number of hydrogen-bond acceptors (Lipinski definition) is 4. The Morgan fingerprint density at radius 3 is 2.74 bits per heavy atom. The molecule has 0 saturated heterocycles. The summed E-state index contributed by atoms with van der Waals surface area (Å²) in [6.07, 6.45) is 2.88. The van der Waals surface area contributed by atoms with E-state index in [2.05, 4.69) is 15.6 Å². The zero-order valence-corrected chi connectivity index (χ0v) is 11.2. The number of nitrogens with zero attached hydrogens (tertiary/aromatic N) is 1. The third kappa shape index (κ3) is 2.30. The van der Waals surface area contributed by atoms with E-state index in [1.165, 1.54) is 13.8 Å². The normalized spacial score (nSPS) is 29.6. The van der Waals surface area contributed by atoms with E-state index in [1.807, 2.05) is 13.0 Å². The average Bonchev–Trinajstić information content (AvgIpc) is 2.26. The maximum Gasteiger partial charge on any atom is 0.233 e. The van der Waals surface area contributed by atoms with Crippen molar-refractivity contribution in [3.8, 4) is 0 Å². The summed E-state index contributed by atoms with van der Waals surface area (Å²) < 4.78 is 0. The van der Waals surface area contributed by atoms with Gasteiger partial charge in [-0.2, -0.15) is 0 Å². The van der Waals surface area contributed by atoms with Gasteiger partial charge in [-0.1, -0.05) is 11.6 Å². The standard InChI is InChI=1S/C13H17N3O3/c1-7-4-5-10-11(19)15-12(14-9(3)18)16-13(10,6-7)8(2)17/h4,10H,5-6H2,1-3H3,(H2,14,15,16,18,19)/t10-,13+/m1/s1. The quantitative estimate of drug-likeness (QED) is 0.667. The lowest BCUT2D eigenvalue weighted by molar-refractivity contribution is -0.134. The number of aliphatic imine (C=N–C) groups is 1. The smallest absolute Gasteiger partial charge is 0.233 e. The van der Waals surface area contributed by atoms with Gasteiger partial charge in [-0.25, -0.2) is 4.99 Å². The third-order valence-corrected chi connectivity index (χ3v) is 3.60. The summed E-state index contributed by atoms with van der Waals surface area (Å²) in [5.74, 6) is -1.18. The van der Waals surface area contributed by atoms with Gasteiger partial charge in [0.25, 0.3) is 0 Å². The highest BCUT2D eigenvalue weighted by molar-refractivity contribution is 6.10. The van der Waals surface area contributed by atoms with Crippen molar-refractivity contribution in [2.75, 3.05) is 0 Å². The molecule has 102 valence electrons. The number of carbonyl (C=O) groups is 3. The summed E-state index contributed by atoms with van der Waals surface area (Å²) in [7, 11) is 0. The van der Waals surface area contributed by atoms with E-state index >= 15 is 0 Å². The number of carbonyl (C=O) groups excluding carboxylic acids is 3. The summed E-state index contributed by atoms with van der Waals surface area (Å²) in [6.45, 7) is 4.69. The number of guanidine groups is 1. The molecule has 2 amide bonds. The first-order chi connectivity index (χ1) is 8.85. The van der Waals surface area contributed by atoms with E-state index in [-0.39, 0.29) is 23.6 Å². The topological polar surface area (TPSA) is 87.6 Å². The molecule has 6 heteroatoms. The van der Waals surface area contributed by atoms with Crippen molar-refractivity contribution in [3.63, 3.8) is 0 Å². The molecule has 2 aliphatic rings. The molecule has 6 nitrogen and oxygen atoms in total. The van der Waals surface area contributed by atoms with Gasteiger partial charge < -0.3 is 0 Å². The van der Waals surface area contributed by atoms with Gasteiger partial charge in [-0.3, -0.25) is 25.0 Å². The first-order valence-corrected chi connectivity index (χ1v) is 6.20. The Bertz CT molecular complexity index is 521. The second kappa shape index (κ2) is 4.60. The monoisotopic (exact) mass is 263 g/mol. The predicted octanol–water partition coefficient (Wildman–Crippen LogP) is 0.292. The van der Waals surface area contributed by atoms with Crippen molar-refractivity contribution in [2.24, 2.45) is 10.9 Å². The van der Waals surface area contributed by atoms with Crippen LogP contribution in [0, 0.1) is 5.92 Å². The van der Waals surface area contributed by atoms with Crippen molar-refractivity contribution in [2.45, 2.75) is 39.2 Å². The van der Waals surface area contributed by atoms with Crippen LogP contribution < -0.4 is 10.6 Å². The van der Waals surface area contributed by atoms with Gasteiger partial charge in [-0.05, 0) is 20.3 Å². The second-order valence-electron chi connectivity index (χ2n) is 5.13. The molecule has 0 bridgehead atoms. The van der Waals surface area contributed by atoms with Crippen molar-refractivity contribution in [1.29, 1.82) is 0 Å². The van der Waals surface area contributed by atoms with Crippen LogP contribution in [0.4, 0.5) is 0 Å². The molecule has 0 aromatic carbocycles. The van der Waals surface area contributed by atoms with Gasteiger partial charge >= 0.3 is 0 Å². The molecular formula is C13H17N3O3. The molecule has 1 aliphatic carbocycles. The van der Waals surface area contributed by atoms with Crippen molar-refractivity contribution in [1.82, 2.24) is 10.6 Å². The lowest BCUT2D eigenvalue weighted by atomic mass is 9.70. The van der Waals surface area contributed by atoms with E-state index < -0.39 is 11.5 Å². The Morgan fingerprint density at radius 2 is 2.16 bits per heavy atom. The number of nitrogens with one attached hydrogen (secondary N) is 2. The highest BCUT2D eigenvalue weighted by Gasteiger charge is 2.51. The second-order valence-corrected chi connectivity index (χ2v) is 5.13. The lowest BCUT2D eigenvalue weighted by Crippen LogP contribution is -2.60. The molecule has 19 heavy (non-hydrogen) atoms. The van der Waals surface area contributed by atoms with E-state index in [4.69, 9.17) is 0 Å². The zero-order chi connectivity index (χ0) is 14.2. The van der Waals surface area contributed by atoms with Crippen LogP contribution >= 0.6 is 0 Å². The number of allylic oxidation sites excluding steroid dienone is 1. The van der Waals surface area contributed by atoms with E-state index in [0.29, 0.717) is 12.8 Å². The van der Waals surface area contributed by atoms with E-state index in [9.17, 15) is 14.4 Å². The summed E-state index contributed by atoms with van der Waals surface area (Å²) in [6, 6.07) is 0. The minimum absolute atomic E-state index is 0.0682.